The molecule has 2 amide bonds. The topological polar surface area (TPSA) is 69.6 Å². The quantitative estimate of drug-likeness (QED) is 0.443. The second kappa shape index (κ2) is 9.30. The number of hydrogen-bond acceptors (Lipinski definition) is 3. The maximum atomic E-state index is 13.8. The lowest BCUT2D eigenvalue weighted by Gasteiger charge is -2.32. The minimum atomic E-state index is -0.535. The summed E-state index contributed by atoms with van der Waals surface area (Å²) >= 11 is 0. The summed E-state index contributed by atoms with van der Waals surface area (Å²) in [6, 6.07) is 25.5. The molecule has 0 bridgehead atoms. The van der Waals surface area contributed by atoms with Gasteiger partial charge in [0.25, 0.3) is 0 Å². The Balaban J connectivity index is 1.64. The monoisotopic (exact) mass is 412 g/mol. The van der Waals surface area contributed by atoms with E-state index in [0.29, 0.717) is 18.5 Å². The van der Waals surface area contributed by atoms with Crippen molar-refractivity contribution in [2.24, 2.45) is 11.8 Å². The molecule has 3 aromatic rings. The minimum Gasteiger partial charge on any atom is -0.506 e. The number of carbonyl (C=O) groups excluding carboxylic acids is 2. The van der Waals surface area contributed by atoms with Crippen molar-refractivity contribution in [2.45, 2.75) is 12.8 Å². The van der Waals surface area contributed by atoms with E-state index in [1.165, 1.54) is 6.07 Å². The number of para-hydroxylation sites is 4. The fourth-order valence-corrected chi connectivity index (χ4v) is 3.91. The van der Waals surface area contributed by atoms with E-state index in [9.17, 15) is 14.7 Å². The number of aromatic hydroxyl groups is 1. The molecule has 0 aromatic heterocycles. The molecule has 0 fully saturated rings. The van der Waals surface area contributed by atoms with Crippen LogP contribution in [-0.2, 0) is 9.59 Å². The fourth-order valence-electron chi connectivity index (χ4n) is 3.91. The van der Waals surface area contributed by atoms with Gasteiger partial charge in [0.15, 0.2) is 0 Å². The highest BCUT2D eigenvalue weighted by Gasteiger charge is 2.37. The minimum absolute atomic E-state index is 0.000255. The van der Waals surface area contributed by atoms with E-state index in [1.54, 1.807) is 23.1 Å². The molecule has 2 unspecified atom stereocenters. The predicted octanol–water partition coefficient (Wildman–Crippen LogP) is 5.28. The molecule has 0 radical (unpaired) electrons. The number of nitrogens with zero attached hydrogens (tertiary/aromatic N) is 1. The van der Waals surface area contributed by atoms with Gasteiger partial charge in [-0.1, -0.05) is 60.7 Å². The lowest BCUT2D eigenvalue weighted by Crippen LogP contribution is -2.41. The van der Waals surface area contributed by atoms with Gasteiger partial charge in [0.05, 0.1) is 17.5 Å². The highest BCUT2D eigenvalue weighted by Crippen LogP contribution is 2.34. The molecule has 0 saturated carbocycles. The molecule has 1 aliphatic rings. The van der Waals surface area contributed by atoms with E-state index >= 15 is 0 Å². The normalized spacial score (nSPS) is 17.7. The summed E-state index contributed by atoms with van der Waals surface area (Å²) in [5, 5.41) is 12.8. The van der Waals surface area contributed by atoms with Crippen molar-refractivity contribution in [1.82, 2.24) is 0 Å². The smallest absolute Gasteiger partial charge is 0.235 e. The van der Waals surface area contributed by atoms with E-state index in [0.717, 1.165) is 11.4 Å². The predicted molar refractivity (Wildman–Crippen MR) is 122 cm³/mol. The summed E-state index contributed by atoms with van der Waals surface area (Å²) < 4.78 is 0. The first-order valence-electron chi connectivity index (χ1n) is 10.3. The van der Waals surface area contributed by atoms with E-state index in [2.05, 4.69) is 5.32 Å². The molecule has 5 nitrogen and oxygen atoms in total. The van der Waals surface area contributed by atoms with Crippen LogP contribution in [-0.4, -0.2) is 16.9 Å². The zero-order chi connectivity index (χ0) is 21.6. The molecule has 0 saturated heterocycles. The van der Waals surface area contributed by atoms with Crippen molar-refractivity contribution in [3.8, 4) is 5.75 Å². The van der Waals surface area contributed by atoms with Crippen molar-refractivity contribution in [1.29, 1.82) is 0 Å². The van der Waals surface area contributed by atoms with Crippen molar-refractivity contribution < 1.29 is 14.7 Å². The lowest BCUT2D eigenvalue weighted by molar-refractivity contribution is -0.130. The van der Waals surface area contributed by atoms with Crippen molar-refractivity contribution in [2.75, 3.05) is 10.2 Å². The average molecular weight is 412 g/mol. The van der Waals surface area contributed by atoms with Crippen LogP contribution in [0.2, 0.25) is 0 Å². The van der Waals surface area contributed by atoms with Gasteiger partial charge in [-0.15, -0.1) is 0 Å². The van der Waals surface area contributed by atoms with Gasteiger partial charge < -0.3 is 10.4 Å². The van der Waals surface area contributed by atoms with Crippen molar-refractivity contribution in [3.63, 3.8) is 0 Å². The standard InChI is InChI=1S/C26H24N2O3/c29-24-18-10-9-17-23(24)27-25(30)21-15-7-8-16-22(21)26(31)28(19-11-3-1-4-12-19)20-13-5-2-6-14-20/h1-14,17-18,21-22,29H,15-16H2,(H,27,30). The molecule has 2 N–H and O–H groups in total. The Morgan fingerprint density at radius 1 is 0.742 bits per heavy atom. The van der Waals surface area contributed by atoms with Gasteiger partial charge in [0, 0.05) is 11.4 Å². The molecule has 1 aliphatic carbocycles. The summed E-state index contributed by atoms with van der Waals surface area (Å²) in [5.74, 6) is -1.45. The Kier molecular flexibility index (Phi) is 6.13. The number of anilines is 3. The largest absolute Gasteiger partial charge is 0.506 e. The maximum Gasteiger partial charge on any atom is 0.235 e. The maximum absolute atomic E-state index is 13.8. The number of hydrogen-bond donors (Lipinski definition) is 2. The van der Waals surface area contributed by atoms with Gasteiger partial charge in [-0.25, -0.2) is 0 Å². The number of rotatable bonds is 5. The Labute approximate surface area is 181 Å². The summed E-state index contributed by atoms with van der Waals surface area (Å²) in [5.41, 5.74) is 1.86. The highest BCUT2D eigenvalue weighted by atomic mass is 16.3. The third-order valence-electron chi connectivity index (χ3n) is 5.50. The molecule has 5 heteroatoms. The SMILES string of the molecule is O=C(Nc1ccccc1O)C1CC=CCC1C(=O)N(c1ccccc1)c1ccccc1. The molecule has 0 heterocycles. The second-order valence-corrected chi connectivity index (χ2v) is 7.51. The summed E-state index contributed by atoms with van der Waals surface area (Å²) in [7, 11) is 0. The van der Waals surface area contributed by atoms with Gasteiger partial charge in [0.2, 0.25) is 11.8 Å². The highest BCUT2D eigenvalue weighted by molar-refractivity contribution is 6.05. The van der Waals surface area contributed by atoms with Crippen LogP contribution in [0.1, 0.15) is 12.8 Å². The number of carbonyl (C=O) groups is 2. The number of phenols is 1. The van der Waals surface area contributed by atoms with Crippen LogP contribution in [0.15, 0.2) is 97.1 Å². The average Bonchev–Trinajstić information content (AvgIpc) is 2.82. The number of phenolic OH excluding ortho intramolecular Hbond substituents is 1. The van der Waals surface area contributed by atoms with Crippen LogP contribution in [0, 0.1) is 11.8 Å². The number of allylic oxidation sites excluding steroid dienone is 2. The first kappa shape index (κ1) is 20.4. The first-order valence-corrected chi connectivity index (χ1v) is 10.3. The van der Waals surface area contributed by atoms with Gasteiger partial charge >= 0.3 is 0 Å². The third kappa shape index (κ3) is 4.51. The molecular formula is C26H24N2O3. The first-order chi connectivity index (χ1) is 15.1. The van der Waals surface area contributed by atoms with E-state index in [1.807, 2.05) is 72.8 Å². The van der Waals surface area contributed by atoms with E-state index in [-0.39, 0.29) is 17.6 Å². The number of benzene rings is 3. The third-order valence-corrected chi connectivity index (χ3v) is 5.50. The zero-order valence-corrected chi connectivity index (χ0v) is 17.0. The van der Waals surface area contributed by atoms with E-state index < -0.39 is 11.8 Å². The van der Waals surface area contributed by atoms with Crippen LogP contribution in [0.3, 0.4) is 0 Å². The molecule has 31 heavy (non-hydrogen) atoms. The van der Waals surface area contributed by atoms with Gasteiger partial charge in [0.1, 0.15) is 5.75 Å². The van der Waals surface area contributed by atoms with E-state index in [4.69, 9.17) is 0 Å². The lowest BCUT2D eigenvalue weighted by atomic mass is 9.81. The fraction of sp³-hybridized carbons (Fsp3) is 0.154. The number of nitrogens with one attached hydrogen (secondary N) is 1. The molecule has 3 aromatic carbocycles. The Hall–Kier alpha value is -3.86. The van der Waals surface area contributed by atoms with Crippen molar-refractivity contribution >= 4 is 28.9 Å². The molecule has 4 rings (SSSR count). The van der Waals surface area contributed by atoms with Gasteiger partial charge in [-0.05, 0) is 49.2 Å². The molecule has 2 atom stereocenters. The zero-order valence-electron chi connectivity index (χ0n) is 17.0. The van der Waals surface area contributed by atoms with Gasteiger partial charge in [-0.3, -0.25) is 14.5 Å². The molecule has 0 spiro atoms. The summed E-state index contributed by atoms with van der Waals surface area (Å²) in [4.78, 5) is 28.6. The van der Waals surface area contributed by atoms with Crippen molar-refractivity contribution in [3.05, 3.63) is 97.1 Å². The van der Waals surface area contributed by atoms with Crippen LogP contribution >= 0.6 is 0 Å². The molecular weight excluding hydrogens is 388 g/mol. The van der Waals surface area contributed by atoms with Crippen LogP contribution in [0.25, 0.3) is 0 Å². The Morgan fingerprint density at radius 3 is 1.84 bits per heavy atom. The Morgan fingerprint density at radius 2 is 1.26 bits per heavy atom. The summed E-state index contributed by atoms with van der Waals surface area (Å²) in [6.45, 7) is 0. The van der Waals surface area contributed by atoms with Crippen LogP contribution in [0.5, 0.6) is 5.75 Å². The van der Waals surface area contributed by atoms with Crippen LogP contribution in [0.4, 0.5) is 17.1 Å². The summed E-state index contributed by atoms with van der Waals surface area (Å²) in [6.07, 6.45) is 4.84. The Bertz CT molecular complexity index is 1040. The second-order valence-electron chi connectivity index (χ2n) is 7.51. The van der Waals surface area contributed by atoms with Gasteiger partial charge in [-0.2, -0.15) is 0 Å². The number of amides is 2. The molecule has 156 valence electrons. The molecule has 0 aliphatic heterocycles. The van der Waals surface area contributed by atoms with Crippen LogP contribution < -0.4 is 10.2 Å².